The molecule has 6 heteroatoms. The molecular formula is C22H29N3O3. The summed E-state index contributed by atoms with van der Waals surface area (Å²) < 4.78 is 5.68. The monoisotopic (exact) mass is 383 g/mol. The van der Waals surface area contributed by atoms with Gasteiger partial charge in [-0.2, -0.15) is 0 Å². The largest absolute Gasteiger partial charge is 0.464 e. The van der Waals surface area contributed by atoms with E-state index in [1.165, 1.54) is 5.56 Å². The minimum atomic E-state index is -0.157. The van der Waals surface area contributed by atoms with Crippen LogP contribution in [0, 0.1) is 6.92 Å². The SMILES string of the molecule is CCNC(=O)N(CC(=O)N(CCc1ccccc1)Cc1ccc(C)o1)C1CC1. The second-order valence-corrected chi connectivity index (χ2v) is 7.26. The Morgan fingerprint density at radius 3 is 2.50 bits per heavy atom. The van der Waals surface area contributed by atoms with Gasteiger partial charge in [-0.05, 0) is 50.8 Å². The molecule has 1 saturated carbocycles. The van der Waals surface area contributed by atoms with Crippen LogP contribution in [0.25, 0.3) is 0 Å². The summed E-state index contributed by atoms with van der Waals surface area (Å²) in [5.41, 5.74) is 1.18. The highest BCUT2D eigenvalue weighted by Crippen LogP contribution is 2.27. The zero-order valence-electron chi connectivity index (χ0n) is 16.7. The Labute approximate surface area is 166 Å². The molecule has 1 N–H and O–H groups in total. The number of nitrogens with one attached hydrogen (secondary N) is 1. The van der Waals surface area contributed by atoms with Gasteiger partial charge in [-0.25, -0.2) is 4.79 Å². The molecule has 0 atom stereocenters. The van der Waals surface area contributed by atoms with E-state index >= 15 is 0 Å². The number of nitrogens with zero attached hydrogens (tertiary/aromatic N) is 2. The normalized spacial score (nSPS) is 13.2. The van der Waals surface area contributed by atoms with Crippen molar-refractivity contribution in [1.29, 1.82) is 0 Å². The van der Waals surface area contributed by atoms with Crippen LogP contribution in [0.4, 0.5) is 4.79 Å². The van der Waals surface area contributed by atoms with Crippen LogP contribution >= 0.6 is 0 Å². The third kappa shape index (κ3) is 5.62. The number of hydrogen-bond acceptors (Lipinski definition) is 3. The van der Waals surface area contributed by atoms with Gasteiger partial charge in [-0.15, -0.1) is 0 Å². The van der Waals surface area contributed by atoms with Gasteiger partial charge >= 0.3 is 6.03 Å². The Balaban J connectivity index is 1.68. The van der Waals surface area contributed by atoms with E-state index in [2.05, 4.69) is 17.4 Å². The van der Waals surface area contributed by atoms with Gasteiger partial charge in [0, 0.05) is 19.1 Å². The van der Waals surface area contributed by atoms with Crippen LogP contribution in [0.3, 0.4) is 0 Å². The van der Waals surface area contributed by atoms with Crippen molar-refractivity contribution in [3.8, 4) is 0 Å². The average molecular weight is 383 g/mol. The van der Waals surface area contributed by atoms with Crippen LogP contribution in [0.15, 0.2) is 46.9 Å². The highest BCUT2D eigenvalue weighted by Gasteiger charge is 2.34. The minimum Gasteiger partial charge on any atom is -0.464 e. The summed E-state index contributed by atoms with van der Waals surface area (Å²) in [6.45, 7) is 5.42. The second kappa shape index (κ2) is 9.44. The summed E-state index contributed by atoms with van der Waals surface area (Å²) in [5.74, 6) is 1.53. The molecule has 0 bridgehead atoms. The summed E-state index contributed by atoms with van der Waals surface area (Å²) in [6.07, 6.45) is 2.69. The van der Waals surface area contributed by atoms with Crippen molar-refractivity contribution < 1.29 is 14.0 Å². The van der Waals surface area contributed by atoms with Gasteiger partial charge in [0.05, 0.1) is 6.54 Å². The van der Waals surface area contributed by atoms with Crippen LogP contribution in [0.5, 0.6) is 0 Å². The van der Waals surface area contributed by atoms with E-state index in [4.69, 9.17) is 4.42 Å². The van der Waals surface area contributed by atoms with Crippen LogP contribution in [-0.2, 0) is 17.8 Å². The molecule has 0 aliphatic heterocycles. The van der Waals surface area contributed by atoms with Gasteiger partial charge in [0.15, 0.2) is 0 Å². The first-order valence-electron chi connectivity index (χ1n) is 9.98. The Morgan fingerprint density at radius 1 is 1.14 bits per heavy atom. The summed E-state index contributed by atoms with van der Waals surface area (Å²) in [6, 6.07) is 13.9. The molecule has 0 saturated heterocycles. The molecule has 6 nitrogen and oxygen atoms in total. The Hall–Kier alpha value is -2.76. The lowest BCUT2D eigenvalue weighted by molar-refractivity contribution is -0.132. The summed E-state index contributed by atoms with van der Waals surface area (Å²) in [7, 11) is 0. The molecule has 0 radical (unpaired) electrons. The number of rotatable bonds is 9. The third-order valence-electron chi connectivity index (χ3n) is 4.89. The molecule has 0 unspecified atom stereocenters. The molecule has 1 aromatic carbocycles. The lowest BCUT2D eigenvalue weighted by Gasteiger charge is -2.27. The maximum atomic E-state index is 13.1. The quantitative estimate of drug-likeness (QED) is 0.722. The maximum Gasteiger partial charge on any atom is 0.318 e. The molecule has 3 rings (SSSR count). The predicted molar refractivity (Wildman–Crippen MR) is 108 cm³/mol. The standard InChI is InChI=1S/C22H29N3O3/c1-3-23-22(27)25(19-10-11-19)16-21(26)24(15-20-12-9-17(2)28-20)14-13-18-7-5-4-6-8-18/h4-9,12,19H,3,10-11,13-16H2,1-2H3,(H,23,27). The average Bonchev–Trinajstić information content (AvgIpc) is 3.45. The highest BCUT2D eigenvalue weighted by molar-refractivity contribution is 5.84. The first kappa shape index (κ1) is 20.0. The van der Waals surface area contributed by atoms with Gasteiger partial charge in [0.2, 0.25) is 5.91 Å². The molecule has 3 amide bonds. The molecule has 150 valence electrons. The first-order valence-corrected chi connectivity index (χ1v) is 9.98. The van der Waals surface area contributed by atoms with Crippen molar-refractivity contribution in [2.75, 3.05) is 19.6 Å². The smallest absolute Gasteiger partial charge is 0.318 e. The lowest BCUT2D eigenvalue weighted by Crippen LogP contribution is -2.48. The topological polar surface area (TPSA) is 65.8 Å². The molecule has 0 spiro atoms. The second-order valence-electron chi connectivity index (χ2n) is 7.26. The summed E-state index contributed by atoms with van der Waals surface area (Å²) in [5, 5.41) is 2.82. The number of furan rings is 1. The van der Waals surface area contributed by atoms with Crippen molar-refractivity contribution in [2.24, 2.45) is 0 Å². The molecule has 1 heterocycles. The molecule has 1 aliphatic rings. The zero-order valence-corrected chi connectivity index (χ0v) is 16.7. The van der Waals surface area contributed by atoms with Crippen LogP contribution < -0.4 is 5.32 Å². The van der Waals surface area contributed by atoms with E-state index in [1.54, 1.807) is 9.80 Å². The molecule has 2 aromatic rings. The molecule has 1 aliphatic carbocycles. The van der Waals surface area contributed by atoms with Crippen molar-refractivity contribution >= 4 is 11.9 Å². The number of benzene rings is 1. The van der Waals surface area contributed by atoms with Crippen LogP contribution in [-0.4, -0.2) is 47.4 Å². The first-order chi connectivity index (χ1) is 13.6. The van der Waals surface area contributed by atoms with Gasteiger partial charge in [0.1, 0.15) is 18.1 Å². The van der Waals surface area contributed by atoms with Gasteiger partial charge in [-0.3, -0.25) is 4.79 Å². The Morgan fingerprint density at radius 2 is 1.89 bits per heavy atom. The predicted octanol–water partition coefficient (Wildman–Crippen LogP) is 3.35. The number of urea groups is 1. The highest BCUT2D eigenvalue weighted by atomic mass is 16.3. The number of carbonyl (C=O) groups is 2. The van der Waals surface area contributed by atoms with E-state index in [-0.39, 0.29) is 24.5 Å². The van der Waals surface area contributed by atoms with E-state index in [9.17, 15) is 9.59 Å². The van der Waals surface area contributed by atoms with Crippen molar-refractivity contribution in [1.82, 2.24) is 15.1 Å². The fourth-order valence-electron chi connectivity index (χ4n) is 3.21. The number of carbonyl (C=O) groups excluding carboxylic acids is 2. The molecule has 1 fully saturated rings. The summed E-state index contributed by atoms with van der Waals surface area (Å²) >= 11 is 0. The number of hydrogen-bond donors (Lipinski definition) is 1. The Bertz CT molecular complexity index is 783. The number of amides is 3. The van der Waals surface area contributed by atoms with Crippen molar-refractivity contribution in [3.63, 3.8) is 0 Å². The molecular weight excluding hydrogens is 354 g/mol. The van der Waals surface area contributed by atoms with Gasteiger partial charge in [0.25, 0.3) is 0 Å². The van der Waals surface area contributed by atoms with Gasteiger partial charge < -0.3 is 19.5 Å². The lowest BCUT2D eigenvalue weighted by atomic mass is 10.1. The zero-order chi connectivity index (χ0) is 19.9. The maximum absolute atomic E-state index is 13.1. The fraction of sp³-hybridized carbons (Fsp3) is 0.455. The van der Waals surface area contributed by atoms with Crippen LogP contribution in [0.1, 0.15) is 36.8 Å². The molecule has 1 aromatic heterocycles. The van der Waals surface area contributed by atoms with Gasteiger partial charge in [-0.1, -0.05) is 30.3 Å². The van der Waals surface area contributed by atoms with Crippen LogP contribution in [0.2, 0.25) is 0 Å². The van der Waals surface area contributed by atoms with E-state index in [0.717, 1.165) is 30.8 Å². The van der Waals surface area contributed by atoms with Crippen molar-refractivity contribution in [3.05, 3.63) is 59.5 Å². The van der Waals surface area contributed by atoms with E-state index < -0.39 is 0 Å². The Kier molecular flexibility index (Phi) is 6.74. The minimum absolute atomic E-state index is 0.0527. The molecule has 28 heavy (non-hydrogen) atoms. The fourth-order valence-corrected chi connectivity index (χ4v) is 3.21. The van der Waals surface area contributed by atoms with Crippen molar-refractivity contribution in [2.45, 2.75) is 45.7 Å². The third-order valence-corrected chi connectivity index (χ3v) is 4.89. The van der Waals surface area contributed by atoms with E-state index in [1.807, 2.05) is 44.2 Å². The van der Waals surface area contributed by atoms with E-state index in [0.29, 0.717) is 19.6 Å². The summed E-state index contributed by atoms with van der Waals surface area (Å²) in [4.78, 5) is 28.9. The number of aryl methyl sites for hydroxylation is 1.